The Morgan fingerprint density at radius 1 is 0.728 bits per heavy atom. The first-order chi connectivity index (χ1) is 38.7. The number of carbonyl (C=O) groups is 6. The maximum Gasteiger partial charge on any atom is 0.469 e. The lowest BCUT2D eigenvalue weighted by atomic mass is 9.94. The Labute approximate surface area is 471 Å². The Kier molecular flexibility index (Phi) is 25.4. The first-order valence-electron chi connectivity index (χ1n) is 26.4. The maximum absolute atomic E-state index is 15.0. The highest BCUT2D eigenvalue weighted by molar-refractivity contribution is 5.95. The van der Waals surface area contributed by atoms with E-state index in [0.717, 1.165) is 29.4 Å². The highest BCUT2D eigenvalue weighted by Gasteiger charge is 2.50. The van der Waals surface area contributed by atoms with E-state index in [2.05, 4.69) is 26.3 Å². The standard InChI is InChI=1S/C57H75N9O15/c1-37(2)47(63-51(69)42(30-46(68)75-6)62-45(67)31-61-52(70)43(28-19-29-60-55(58)59)65(66(73)74)56(72)81-57(3,4)5)53(71)64-48-50(78-34-40-24-15-9-16-25-40)49(77-33-39-22-13-8-14-23-39)44(36-76-32-38-20-11-7-12-21-38)80-54(48)79-35-41-26-17-10-18-27-41/h7-18,20-27,37,42-44,47-50,54H,19,28-36H2,1-6H3,(H,61,70)(H,62,67)(H,63,69)(H,64,71)(H4,58,59,60)/t42-,43-,44+,47-,48+,49+,50+,54+/m0/s1. The van der Waals surface area contributed by atoms with Crippen molar-refractivity contribution in [3.63, 3.8) is 0 Å². The average Bonchev–Trinajstić information content (AvgIpc) is 3.62. The molecule has 1 aliphatic rings. The third-order valence-corrected chi connectivity index (χ3v) is 12.4. The molecule has 0 spiro atoms. The molecule has 5 rings (SSSR count). The fourth-order valence-corrected chi connectivity index (χ4v) is 8.39. The zero-order chi connectivity index (χ0) is 58.9. The van der Waals surface area contributed by atoms with Gasteiger partial charge in [-0.15, -0.1) is 0 Å². The third-order valence-electron chi connectivity index (χ3n) is 12.4. The lowest BCUT2D eigenvalue weighted by Crippen LogP contribution is -2.68. The molecule has 24 heteroatoms. The van der Waals surface area contributed by atoms with Gasteiger partial charge in [-0.2, -0.15) is 0 Å². The summed E-state index contributed by atoms with van der Waals surface area (Å²) in [5.41, 5.74) is 13.0. The summed E-state index contributed by atoms with van der Waals surface area (Å²) in [7, 11) is 1.07. The lowest BCUT2D eigenvalue weighted by Gasteiger charge is -2.46. The minimum atomic E-state index is -1.83. The van der Waals surface area contributed by atoms with E-state index in [1.165, 1.54) is 20.8 Å². The molecular weight excluding hydrogens is 1050 g/mol. The van der Waals surface area contributed by atoms with Crippen molar-refractivity contribution in [3.05, 3.63) is 154 Å². The van der Waals surface area contributed by atoms with E-state index >= 15 is 0 Å². The van der Waals surface area contributed by atoms with Gasteiger partial charge in [0.2, 0.25) is 23.6 Å². The second-order valence-corrected chi connectivity index (χ2v) is 20.3. The van der Waals surface area contributed by atoms with Crippen LogP contribution in [-0.2, 0) is 83.6 Å². The fourth-order valence-electron chi connectivity index (χ4n) is 8.39. The number of hydrazine groups is 1. The summed E-state index contributed by atoms with van der Waals surface area (Å²) in [5, 5.41) is 21.5. The third kappa shape index (κ3) is 21.5. The molecule has 81 heavy (non-hydrogen) atoms. The Hall–Kier alpha value is -8.03. The summed E-state index contributed by atoms with van der Waals surface area (Å²) in [6, 6.07) is 31.8. The highest BCUT2D eigenvalue weighted by atomic mass is 16.7. The fraction of sp³-hybridized carbons (Fsp3) is 0.456. The van der Waals surface area contributed by atoms with Gasteiger partial charge in [-0.3, -0.25) is 29.0 Å². The minimum Gasteiger partial charge on any atom is -0.469 e. The van der Waals surface area contributed by atoms with E-state index in [4.69, 9.17) is 44.6 Å². The molecule has 1 aliphatic heterocycles. The van der Waals surface area contributed by atoms with Crippen molar-refractivity contribution in [2.24, 2.45) is 22.4 Å². The maximum atomic E-state index is 15.0. The first kappa shape index (κ1) is 63.8. The van der Waals surface area contributed by atoms with Crippen LogP contribution in [0.4, 0.5) is 4.79 Å². The van der Waals surface area contributed by atoms with Crippen molar-refractivity contribution in [2.75, 3.05) is 26.8 Å². The molecular formula is C57H75N9O15. The van der Waals surface area contributed by atoms with Crippen LogP contribution < -0.4 is 32.7 Å². The van der Waals surface area contributed by atoms with Gasteiger partial charge in [-0.05, 0) is 66.8 Å². The van der Waals surface area contributed by atoms with Crippen LogP contribution in [0.15, 0.2) is 126 Å². The molecule has 0 bridgehead atoms. The van der Waals surface area contributed by atoms with Gasteiger partial charge in [0.25, 0.3) is 0 Å². The average molecular weight is 1130 g/mol. The number of hydrogen-bond acceptors (Lipinski definition) is 16. The monoisotopic (exact) mass is 1130 g/mol. The van der Waals surface area contributed by atoms with Crippen LogP contribution in [0.1, 0.15) is 76.1 Å². The summed E-state index contributed by atoms with van der Waals surface area (Å²) in [4.78, 5) is 98.4. The number of nitrogens with two attached hydrogens (primary N) is 2. The SMILES string of the molecule is COC(=O)C[C@H](NC(=O)CNC(=O)[C@H](CCCN=C(N)N)N(C(=O)OC(C)(C)C)[N+](=O)[O-])C(=O)N[C@H](C(=O)N[C@H]1[C@H](OCc2ccccc2)O[C@H](COCc2ccccc2)[C@@H](OCc2ccccc2)[C@@H]1OCc1ccccc1)C(C)C. The van der Waals surface area contributed by atoms with Crippen LogP contribution in [-0.4, -0.2) is 133 Å². The van der Waals surface area contributed by atoms with E-state index in [9.17, 15) is 38.9 Å². The van der Waals surface area contributed by atoms with E-state index in [1.807, 2.05) is 121 Å². The molecule has 8 atom stereocenters. The Bertz CT molecular complexity index is 2660. The number of nitrogens with one attached hydrogen (secondary N) is 4. The first-order valence-corrected chi connectivity index (χ1v) is 26.4. The smallest absolute Gasteiger partial charge is 0.469 e. The molecule has 4 aromatic carbocycles. The molecule has 0 saturated carbocycles. The second-order valence-electron chi connectivity index (χ2n) is 20.3. The number of esters is 1. The second kappa shape index (κ2) is 32.3. The number of methoxy groups -OCH3 is 1. The van der Waals surface area contributed by atoms with Gasteiger partial charge >= 0.3 is 12.1 Å². The highest BCUT2D eigenvalue weighted by Crippen LogP contribution is 2.30. The molecule has 4 aromatic rings. The van der Waals surface area contributed by atoms with Crippen LogP contribution in [0.3, 0.4) is 0 Å². The number of nitro groups is 1. The van der Waals surface area contributed by atoms with Gasteiger partial charge in [0.15, 0.2) is 23.3 Å². The predicted molar refractivity (Wildman–Crippen MR) is 295 cm³/mol. The molecule has 5 amide bonds. The van der Waals surface area contributed by atoms with Crippen molar-refractivity contribution in [1.29, 1.82) is 0 Å². The van der Waals surface area contributed by atoms with Crippen molar-refractivity contribution in [2.45, 2.75) is 135 Å². The number of nitrogens with zero attached hydrogens (tertiary/aromatic N) is 3. The number of hydrogen-bond donors (Lipinski definition) is 6. The summed E-state index contributed by atoms with van der Waals surface area (Å²) in [5.74, 6) is -5.75. The largest absolute Gasteiger partial charge is 0.469 e. The molecule has 438 valence electrons. The van der Waals surface area contributed by atoms with Crippen LogP contribution >= 0.6 is 0 Å². The molecule has 1 saturated heterocycles. The van der Waals surface area contributed by atoms with E-state index in [-0.39, 0.29) is 63.4 Å². The summed E-state index contributed by atoms with van der Waals surface area (Å²) < 4.78 is 43.2. The summed E-state index contributed by atoms with van der Waals surface area (Å²) in [6.07, 6.45) is -6.49. The summed E-state index contributed by atoms with van der Waals surface area (Å²) >= 11 is 0. The molecule has 1 fully saturated rings. The molecule has 0 aliphatic carbocycles. The lowest BCUT2D eigenvalue weighted by molar-refractivity contribution is -0.641. The van der Waals surface area contributed by atoms with Gasteiger partial charge < -0.3 is 65.9 Å². The van der Waals surface area contributed by atoms with Crippen LogP contribution in [0.25, 0.3) is 0 Å². The van der Waals surface area contributed by atoms with Crippen molar-refractivity contribution < 1.29 is 67.0 Å². The topological polar surface area (TPSA) is 326 Å². The number of aliphatic imine (C=N–C) groups is 1. The number of rotatable bonds is 30. The Balaban J connectivity index is 1.42. The van der Waals surface area contributed by atoms with Crippen LogP contribution in [0.5, 0.6) is 0 Å². The predicted octanol–water partition coefficient (Wildman–Crippen LogP) is 3.96. The summed E-state index contributed by atoms with van der Waals surface area (Å²) in [6.45, 7) is 7.31. The van der Waals surface area contributed by atoms with E-state index < -0.39 is 114 Å². The number of amides is 5. The van der Waals surface area contributed by atoms with Crippen molar-refractivity contribution in [1.82, 2.24) is 26.3 Å². The molecule has 0 radical (unpaired) electrons. The van der Waals surface area contributed by atoms with Crippen molar-refractivity contribution >= 4 is 41.7 Å². The van der Waals surface area contributed by atoms with Gasteiger partial charge in [0, 0.05) is 6.54 Å². The quantitative estimate of drug-likeness (QED) is 0.0107. The number of guanidine groups is 1. The van der Waals surface area contributed by atoms with E-state index in [0.29, 0.717) is 0 Å². The van der Waals surface area contributed by atoms with Gasteiger partial charge in [0.1, 0.15) is 42.0 Å². The van der Waals surface area contributed by atoms with Gasteiger partial charge in [0.05, 0.1) is 53.1 Å². The number of carbonyl (C=O) groups excluding carboxylic acids is 6. The van der Waals surface area contributed by atoms with Crippen LogP contribution in [0, 0.1) is 16.0 Å². The molecule has 8 N–H and O–H groups in total. The van der Waals surface area contributed by atoms with Crippen LogP contribution in [0.2, 0.25) is 0 Å². The molecule has 0 unspecified atom stereocenters. The normalized spacial score (nSPS) is 18.0. The zero-order valence-corrected chi connectivity index (χ0v) is 46.4. The molecule has 0 aromatic heterocycles. The Morgan fingerprint density at radius 2 is 1.25 bits per heavy atom. The van der Waals surface area contributed by atoms with Gasteiger partial charge in [-0.1, -0.05) is 135 Å². The number of ether oxygens (including phenoxy) is 7. The zero-order valence-electron chi connectivity index (χ0n) is 46.4. The molecule has 24 nitrogen and oxygen atoms in total. The number of benzene rings is 4. The Morgan fingerprint density at radius 3 is 1.74 bits per heavy atom. The van der Waals surface area contributed by atoms with Crippen molar-refractivity contribution in [3.8, 4) is 0 Å². The molecule has 1 heterocycles. The minimum absolute atomic E-state index is 0.00875. The van der Waals surface area contributed by atoms with Gasteiger partial charge in [-0.25, -0.2) is 14.9 Å². The van der Waals surface area contributed by atoms with E-state index in [1.54, 1.807) is 13.8 Å².